The van der Waals surface area contributed by atoms with Crippen LogP contribution in [0.1, 0.15) is 72.1 Å². The van der Waals surface area contributed by atoms with Gasteiger partial charge in [0.15, 0.2) is 0 Å². The number of carboxylic acid groups (broad SMARTS) is 1. The van der Waals surface area contributed by atoms with Crippen LogP contribution in [0, 0.1) is 5.41 Å². The molecular formula is C16H31NO2. The maximum Gasteiger partial charge on any atom is 0.310 e. The highest BCUT2D eigenvalue weighted by Gasteiger charge is 2.42. The summed E-state index contributed by atoms with van der Waals surface area (Å²) in [7, 11) is 0. The Morgan fingerprint density at radius 3 is 2.32 bits per heavy atom. The van der Waals surface area contributed by atoms with Gasteiger partial charge in [-0.2, -0.15) is 0 Å². The summed E-state index contributed by atoms with van der Waals surface area (Å²) in [4.78, 5) is 14.2. The first-order valence-corrected chi connectivity index (χ1v) is 8.07. The molecular weight excluding hydrogens is 238 g/mol. The molecule has 112 valence electrons. The third-order valence-electron chi connectivity index (χ3n) is 4.55. The predicted octanol–water partition coefficient (Wildman–Crippen LogP) is 3.92. The maximum atomic E-state index is 11.7. The van der Waals surface area contributed by atoms with Crippen molar-refractivity contribution in [1.82, 2.24) is 4.90 Å². The van der Waals surface area contributed by atoms with Crippen LogP contribution in [0.25, 0.3) is 0 Å². The van der Waals surface area contributed by atoms with Crippen molar-refractivity contribution >= 4 is 5.97 Å². The van der Waals surface area contributed by atoms with Gasteiger partial charge in [-0.15, -0.1) is 0 Å². The van der Waals surface area contributed by atoms with Gasteiger partial charge in [0.05, 0.1) is 5.41 Å². The minimum absolute atomic E-state index is 0.479. The Balaban J connectivity index is 2.77. The van der Waals surface area contributed by atoms with E-state index in [-0.39, 0.29) is 0 Å². The van der Waals surface area contributed by atoms with E-state index in [1.807, 2.05) is 0 Å². The first-order chi connectivity index (χ1) is 9.09. The lowest BCUT2D eigenvalue weighted by Gasteiger charge is -2.43. The van der Waals surface area contributed by atoms with Crippen LogP contribution in [0.5, 0.6) is 0 Å². The van der Waals surface area contributed by atoms with Gasteiger partial charge in [-0.3, -0.25) is 9.69 Å². The standard InChI is InChI=1S/C16H31NO2/c1-4-8-14(9-5-2)17-12-7-11-16(13-17,10-6-3)15(18)19/h14H,4-13H2,1-3H3,(H,18,19). The Bertz CT molecular complexity index is 270. The largest absolute Gasteiger partial charge is 0.481 e. The number of hydrogen-bond donors (Lipinski definition) is 1. The molecule has 0 amide bonds. The lowest BCUT2D eigenvalue weighted by molar-refractivity contribution is -0.154. The third kappa shape index (κ3) is 4.20. The number of piperidine rings is 1. The lowest BCUT2D eigenvalue weighted by Crippen LogP contribution is -2.51. The van der Waals surface area contributed by atoms with Crippen LogP contribution in [0.3, 0.4) is 0 Å². The summed E-state index contributed by atoms with van der Waals surface area (Å²) in [6, 6.07) is 0.589. The number of aliphatic carboxylic acids is 1. The van der Waals surface area contributed by atoms with E-state index in [1.54, 1.807) is 0 Å². The van der Waals surface area contributed by atoms with E-state index in [0.29, 0.717) is 6.04 Å². The van der Waals surface area contributed by atoms with E-state index < -0.39 is 11.4 Å². The molecule has 0 aromatic carbocycles. The number of carbonyl (C=O) groups is 1. The quantitative estimate of drug-likeness (QED) is 0.726. The molecule has 1 rings (SSSR count). The number of nitrogens with zero attached hydrogens (tertiary/aromatic N) is 1. The Hall–Kier alpha value is -0.570. The van der Waals surface area contributed by atoms with Gasteiger partial charge in [0.2, 0.25) is 0 Å². The van der Waals surface area contributed by atoms with E-state index >= 15 is 0 Å². The minimum atomic E-state index is -0.578. The van der Waals surface area contributed by atoms with Crippen molar-refractivity contribution in [3.05, 3.63) is 0 Å². The molecule has 0 bridgehead atoms. The average molecular weight is 269 g/mol. The molecule has 1 aliphatic heterocycles. The van der Waals surface area contributed by atoms with Crippen LogP contribution >= 0.6 is 0 Å². The monoisotopic (exact) mass is 269 g/mol. The van der Waals surface area contributed by atoms with Crippen molar-refractivity contribution in [2.24, 2.45) is 5.41 Å². The van der Waals surface area contributed by atoms with Gasteiger partial charge in [-0.25, -0.2) is 0 Å². The van der Waals surface area contributed by atoms with Crippen molar-refractivity contribution < 1.29 is 9.90 Å². The molecule has 1 saturated heterocycles. The maximum absolute atomic E-state index is 11.7. The van der Waals surface area contributed by atoms with Gasteiger partial charge in [0.1, 0.15) is 0 Å². The summed E-state index contributed by atoms with van der Waals surface area (Å²) >= 11 is 0. The molecule has 1 unspecified atom stereocenters. The second-order valence-corrected chi connectivity index (χ2v) is 6.14. The van der Waals surface area contributed by atoms with E-state index in [4.69, 9.17) is 0 Å². The van der Waals surface area contributed by atoms with Crippen LogP contribution in [0.15, 0.2) is 0 Å². The molecule has 1 atom stereocenters. The summed E-state index contributed by atoms with van der Waals surface area (Å²) in [5.74, 6) is -0.578. The van der Waals surface area contributed by atoms with Crippen molar-refractivity contribution in [1.29, 1.82) is 0 Å². The zero-order chi connectivity index (χ0) is 14.3. The minimum Gasteiger partial charge on any atom is -0.481 e. The first kappa shape index (κ1) is 16.5. The Morgan fingerprint density at radius 1 is 1.21 bits per heavy atom. The fraction of sp³-hybridized carbons (Fsp3) is 0.938. The first-order valence-electron chi connectivity index (χ1n) is 8.07. The highest BCUT2D eigenvalue weighted by Crippen LogP contribution is 2.36. The Labute approximate surface area is 118 Å². The lowest BCUT2D eigenvalue weighted by atomic mass is 9.75. The SMILES string of the molecule is CCCC(CCC)N1CCCC(CCC)(C(=O)O)C1. The number of carboxylic acids is 1. The summed E-state index contributed by atoms with van der Waals surface area (Å²) < 4.78 is 0. The molecule has 0 aromatic heterocycles. The third-order valence-corrected chi connectivity index (χ3v) is 4.55. The second-order valence-electron chi connectivity index (χ2n) is 6.14. The van der Waals surface area contributed by atoms with Gasteiger partial charge in [0.25, 0.3) is 0 Å². The van der Waals surface area contributed by atoms with Crippen molar-refractivity contribution in [3.63, 3.8) is 0 Å². The second kappa shape index (κ2) is 7.88. The summed E-state index contributed by atoms with van der Waals surface area (Å²) in [6.07, 6.45) is 8.47. The molecule has 1 aliphatic rings. The molecule has 3 nitrogen and oxygen atoms in total. The van der Waals surface area contributed by atoms with Crippen LogP contribution in [0.4, 0.5) is 0 Å². The van der Waals surface area contributed by atoms with Crippen molar-refractivity contribution in [2.75, 3.05) is 13.1 Å². The van der Waals surface area contributed by atoms with Gasteiger partial charge in [-0.05, 0) is 38.6 Å². The fourth-order valence-corrected chi connectivity index (χ4v) is 3.62. The fourth-order valence-electron chi connectivity index (χ4n) is 3.62. The van der Waals surface area contributed by atoms with E-state index in [9.17, 15) is 9.90 Å². The summed E-state index contributed by atoms with van der Waals surface area (Å²) in [6.45, 7) is 8.40. The van der Waals surface area contributed by atoms with Gasteiger partial charge >= 0.3 is 5.97 Å². The molecule has 1 fully saturated rings. The summed E-state index contributed by atoms with van der Waals surface area (Å²) in [5, 5.41) is 9.65. The predicted molar refractivity (Wildman–Crippen MR) is 79.4 cm³/mol. The van der Waals surface area contributed by atoms with E-state index in [2.05, 4.69) is 25.7 Å². The zero-order valence-corrected chi connectivity index (χ0v) is 13.0. The average Bonchev–Trinajstić information content (AvgIpc) is 2.39. The van der Waals surface area contributed by atoms with Gasteiger partial charge < -0.3 is 5.11 Å². The number of rotatable bonds is 8. The molecule has 0 saturated carbocycles. The number of likely N-dealkylation sites (tertiary alicyclic amines) is 1. The number of hydrogen-bond acceptors (Lipinski definition) is 2. The zero-order valence-electron chi connectivity index (χ0n) is 13.0. The molecule has 3 heteroatoms. The van der Waals surface area contributed by atoms with Crippen LogP contribution in [-0.4, -0.2) is 35.1 Å². The summed E-state index contributed by atoms with van der Waals surface area (Å²) in [5.41, 5.74) is -0.479. The van der Waals surface area contributed by atoms with E-state index in [1.165, 1.54) is 25.7 Å². The topological polar surface area (TPSA) is 40.5 Å². The molecule has 19 heavy (non-hydrogen) atoms. The highest BCUT2D eigenvalue weighted by molar-refractivity contribution is 5.75. The molecule has 1 N–H and O–H groups in total. The Morgan fingerprint density at radius 2 is 1.84 bits per heavy atom. The Kier molecular flexibility index (Phi) is 6.84. The van der Waals surface area contributed by atoms with Crippen LogP contribution in [0.2, 0.25) is 0 Å². The van der Waals surface area contributed by atoms with E-state index in [0.717, 1.165) is 38.8 Å². The molecule has 0 aliphatic carbocycles. The highest BCUT2D eigenvalue weighted by atomic mass is 16.4. The molecule has 1 heterocycles. The van der Waals surface area contributed by atoms with Gasteiger partial charge in [0, 0.05) is 12.6 Å². The normalized spacial score (nSPS) is 24.8. The molecule has 0 aromatic rings. The van der Waals surface area contributed by atoms with Crippen molar-refractivity contribution in [2.45, 2.75) is 78.2 Å². The van der Waals surface area contributed by atoms with Crippen LogP contribution < -0.4 is 0 Å². The van der Waals surface area contributed by atoms with Crippen molar-refractivity contribution in [3.8, 4) is 0 Å². The van der Waals surface area contributed by atoms with Gasteiger partial charge in [-0.1, -0.05) is 40.0 Å². The molecule has 0 spiro atoms. The smallest absolute Gasteiger partial charge is 0.310 e. The molecule has 0 radical (unpaired) electrons. The van der Waals surface area contributed by atoms with Crippen LogP contribution in [-0.2, 0) is 4.79 Å².